The number of hydrogen-bond acceptors (Lipinski definition) is 3. The molecule has 0 aliphatic carbocycles. The lowest BCUT2D eigenvalue weighted by molar-refractivity contribution is -0.116. The van der Waals surface area contributed by atoms with Crippen LogP contribution >= 0.6 is 0 Å². The quantitative estimate of drug-likeness (QED) is 0.846. The Morgan fingerprint density at radius 3 is 3.00 bits per heavy atom. The molecule has 0 fully saturated rings. The number of amides is 1. The Morgan fingerprint density at radius 2 is 2.33 bits per heavy atom. The molecule has 1 heterocycles. The highest BCUT2D eigenvalue weighted by Crippen LogP contribution is 2.29. The van der Waals surface area contributed by atoms with Gasteiger partial charge in [0.25, 0.3) is 0 Å². The van der Waals surface area contributed by atoms with E-state index in [-0.39, 0.29) is 5.91 Å². The molecule has 1 amide bonds. The van der Waals surface area contributed by atoms with Crippen LogP contribution < -0.4 is 10.2 Å². The number of nitrogens with zero attached hydrogens (tertiary/aromatic N) is 1. The van der Waals surface area contributed by atoms with Crippen LogP contribution in [0.2, 0.25) is 0 Å². The van der Waals surface area contributed by atoms with Crippen molar-refractivity contribution in [1.29, 1.82) is 0 Å². The van der Waals surface area contributed by atoms with Gasteiger partial charge in [-0.1, -0.05) is 12.1 Å². The maximum absolute atomic E-state index is 11.5. The predicted octanol–water partition coefficient (Wildman–Crippen LogP) is 1.24. The van der Waals surface area contributed by atoms with Gasteiger partial charge in [-0.2, -0.15) is 0 Å². The fourth-order valence-electron chi connectivity index (χ4n) is 2.46. The average molecular weight is 248 g/mol. The number of nitrogens with one attached hydrogen (secondary N) is 1. The third-order valence-electron chi connectivity index (χ3n) is 3.38. The number of benzene rings is 1. The van der Waals surface area contributed by atoms with E-state index in [9.17, 15) is 9.90 Å². The van der Waals surface area contributed by atoms with Crippen molar-refractivity contribution < 1.29 is 9.90 Å². The van der Waals surface area contributed by atoms with Gasteiger partial charge in [0.05, 0.1) is 6.10 Å². The van der Waals surface area contributed by atoms with E-state index < -0.39 is 6.10 Å². The molecule has 0 aromatic heterocycles. The van der Waals surface area contributed by atoms with Crippen molar-refractivity contribution >= 4 is 11.6 Å². The summed E-state index contributed by atoms with van der Waals surface area (Å²) in [6, 6.07) is 5.87. The zero-order chi connectivity index (χ0) is 13.1. The lowest BCUT2D eigenvalue weighted by Gasteiger charge is -2.29. The summed E-state index contributed by atoms with van der Waals surface area (Å²) < 4.78 is 0. The number of likely N-dealkylation sites (N-methyl/N-ethyl adjacent to an activating group) is 1. The Labute approximate surface area is 108 Å². The number of carbonyl (C=O) groups is 1. The summed E-state index contributed by atoms with van der Waals surface area (Å²) >= 11 is 0. The first kappa shape index (κ1) is 13.1. The van der Waals surface area contributed by atoms with Gasteiger partial charge in [0, 0.05) is 25.7 Å². The Bertz CT molecular complexity index is 445. The molecule has 98 valence electrons. The van der Waals surface area contributed by atoms with Gasteiger partial charge in [-0.3, -0.25) is 4.79 Å². The van der Waals surface area contributed by atoms with Crippen molar-refractivity contribution in [3.05, 3.63) is 29.3 Å². The summed E-state index contributed by atoms with van der Waals surface area (Å²) in [5, 5.41) is 12.9. The molecule has 0 radical (unpaired) electrons. The predicted molar refractivity (Wildman–Crippen MR) is 71.7 cm³/mol. The van der Waals surface area contributed by atoms with Crippen LogP contribution in [-0.2, 0) is 11.2 Å². The lowest BCUT2D eigenvalue weighted by atomic mass is 9.97. The molecular formula is C14H20N2O2. The number of aliphatic hydroxyl groups is 1. The largest absolute Gasteiger partial charge is 0.387 e. The zero-order valence-corrected chi connectivity index (χ0v) is 10.9. The van der Waals surface area contributed by atoms with Crippen LogP contribution in [0, 0.1) is 0 Å². The molecular weight excluding hydrogens is 228 g/mol. The number of anilines is 1. The van der Waals surface area contributed by atoms with Crippen LogP contribution in [0.1, 0.15) is 30.6 Å². The van der Waals surface area contributed by atoms with Gasteiger partial charge in [0.2, 0.25) is 5.91 Å². The van der Waals surface area contributed by atoms with E-state index in [1.165, 1.54) is 0 Å². The monoisotopic (exact) mass is 248 g/mol. The Balaban J connectivity index is 2.29. The molecule has 18 heavy (non-hydrogen) atoms. The average Bonchev–Trinajstić information content (AvgIpc) is 2.37. The summed E-state index contributed by atoms with van der Waals surface area (Å²) in [6.45, 7) is 2.93. The highest BCUT2D eigenvalue weighted by atomic mass is 16.3. The normalized spacial score (nSPS) is 16.3. The second-order valence-corrected chi connectivity index (χ2v) is 4.74. The van der Waals surface area contributed by atoms with Crippen molar-refractivity contribution in [2.45, 2.75) is 25.9 Å². The van der Waals surface area contributed by atoms with Gasteiger partial charge in [-0.05, 0) is 37.1 Å². The number of carbonyl (C=O) groups excluding carboxylic acids is 1. The molecule has 0 bridgehead atoms. The van der Waals surface area contributed by atoms with Gasteiger partial charge in [-0.25, -0.2) is 0 Å². The molecule has 1 unspecified atom stereocenters. The summed E-state index contributed by atoms with van der Waals surface area (Å²) in [7, 11) is 1.82. The van der Waals surface area contributed by atoms with Crippen LogP contribution in [0.3, 0.4) is 0 Å². The van der Waals surface area contributed by atoms with Gasteiger partial charge in [0.15, 0.2) is 0 Å². The molecule has 1 aromatic carbocycles. The summed E-state index contributed by atoms with van der Waals surface area (Å²) in [5.41, 5.74) is 3.06. The maximum atomic E-state index is 11.5. The van der Waals surface area contributed by atoms with Gasteiger partial charge in [0.1, 0.15) is 0 Å². The lowest BCUT2D eigenvalue weighted by Crippen LogP contribution is -2.33. The number of aliphatic hydroxyl groups excluding tert-OH is 1. The zero-order valence-electron chi connectivity index (χ0n) is 10.9. The van der Waals surface area contributed by atoms with Crippen molar-refractivity contribution in [3.8, 4) is 0 Å². The SMILES string of the molecule is CNCC(O)c1ccc2c(c1)CCCN2C(C)=O. The minimum atomic E-state index is -0.493. The first-order chi connectivity index (χ1) is 8.63. The van der Waals surface area contributed by atoms with Crippen LogP contribution in [0.4, 0.5) is 5.69 Å². The second kappa shape index (κ2) is 5.50. The maximum Gasteiger partial charge on any atom is 0.223 e. The highest BCUT2D eigenvalue weighted by Gasteiger charge is 2.20. The van der Waals surface area contributed by atoms with Crippen molar-refractivity contribution in [2.24, 2.45) is 0 Å². The first-order valence-electron chi connectivity index (χ1n) is 6.37. The van der Waals surface area contributed by atoms with E-state index in [1.807, 2.05) is 30.1 Å². The molecule has 4 heteroatoms. The molecule has 0 saturated heterocycles. The molecule has 1 atom stereocenters. The standard InChI is InChI=1S/C14H20N2O2/c1-10(17)16-7-3-4-11-8-12(5-6-13(11)16)14(18)9-15-2/h5-6,8,14-15,18H,3-4,7,9H2,1-2H3. The Morgan fingerprint density at radius 1 is 1.56 bits per heavy atom. The molecule has 2 N–H and O–H groups in total. The molecule has 1 aromatic rings. The number of rotatable bonds is 3. The number of aryl methyl sites for hydroxylation is 1. The van der Waals surface area contributed by atoms with Crippen molar-refractivity contribution in [1.82, 2.24) is 5.32 Å². The van der Waals surface area contributed by atoms with Crippen LogP contribution in [0.15, 0.2) is 18.2 Å². The molecule has 0 spiro atoms. The minimum Gasteiger partial charge on any atom is -0.387 e. The van der Waals surface area contributed by atoms with E-state index in [4.69, 9.17) is 0 Å². The molecule has 0 saturated carbocycles. The first-order valence-corrected chi connectivity index (χ1v) is 6.37. The van der Waals surface area contributed by atoms with Gasteiger partial charge >= 0.3 is 0 Å². The number of fused-ring (bicyclic) bond motifs is 1. The third kappa shape index (κ3) is 2.54. The highest BCUT2D eigenvalue weighted by molar-refractivity contribution is 5.92. The smallest absolute Gasteiger partial charge is 0.223 e. The van der Waals surface area contributed by atoms with Crippen LogP contribution in [0.25, 0.3) is 0 Å². The van der Waals surface area contributed by atoms with Crippen molar-refractivity contribution in [3.63, 3.8) is 0 Å². The van der Waals surface area contributed by atoms with E-state index in [0.717, 1.165) is 36.2 Å². The molecule has 4 nitrogen and oxygen atoms in total. The summed E-state index contributed by atoms with van der Waals surface area (Å²) in [5.74, 6) is 0.0828. The summed E-state index contributed by atoms with van der Waals surface area (Å²) in [6.07, 6.45) is 1.46. The Kier molecular flexibility index (Phi) is 3.99. The fraction of sp³-hybridized carbons (Fsp3) is 0.500. The summed E-state index contributed by atoms with van der Waals surface area (Å²) in [4.78, 5) is 13.4. The molecule has 1 aliphatic heterocycles. The van der Waals surface area contributed by atoms with E-state index in [2.05, 4.69) is 5.32 Å². The van der Waals surface area contributed by atoms with E-state index in [1.54, 1.807) is 6.92 Å². The van der Waals surface area contributed by atoms with Crippen molar-refractivity contribution in [2.75, 3.05) is 25.0 Å². The fourth-order valence-corrected chi connectivity index (χ4v) is 2.46. The van der Waals surface area contributed by atoms with E-state index in [0.29, 0.717) is 6.54 Å². The second-order valence-electron chi connectivity index (χ2n) is 4.74. The molecule has 2 rings (SSSR count). The van der Waals surface area contributed by atoms with Crippen LogP contribution in [0.5, 0.6) is 0 Å². The minimum absolute atomic E-state index is 0.0828. The van der Waals surface area contributed by atoms with Crippen LogP contribution in [-0.4, -0.2) is 31.2 Å². The van der Waals surface area contributed by atoms with E-state index >= 15 is 0 Å². The van der Waals surface area contributed by atoms with Gasteiger partial charge in [-0.15, -0.1) is 0 Å². The van der Waals surface area contributed by atoms with Gasteiger partial charge < -0.3 is 15.3 Å². The Hall–Kier alpha value is -1.39. The third-order valence-corrected chi connectivity index (χ3v) is 3.38. The number of hydrogen-bond donors (Lipinski definition) is 2. The molecule has 1 aliphatic rings. The topological polar surface area (TPSA) is 52.6 Å².